The van der Waals surface area contributed by atoms with Gasteiger partial charge in [-0.1, -0.05) is 45.0 Å². The number of β-amino-alcohol motifs (C(OH)–C–C–N with tert-alkyl or cyclic N) is 1. The number of nitrogens with one attached hydrogen (secondary N) is 3. The molecule has 3 heterocycles. The normalized spacial score (nSPS) is 17.4. The Kier molecular flexibility index (Phi) is 17.6. The standard InChI is InChI=1S/C50H58F4N8O7S2/c1-30-42(71-29-58-30)32-12-10-31(11-13-32)26-57-44(65)40-24-36(63)27-60(40)45(66)43(48(2,3)4)59-41(64)28-69-21-9-20-68-19-8-7-18-56-39-17-16-35(23-38(39)51)62-47(70)61(46(67)49(62,5)6)34-15-14-33(25-55)37(22-34)50(52,53)54/h10-17,22-23,29,36,40,43,56,63H,7-9,18-21,24,26-28H2,1-6H3,(H,57,65)(H,59,64)/t36-,40+,43-/m1/s1. The van der Waals surface area contributed by atoms with E-state index in [1.165, 1.54) is 47.9 Å². The third-order valence-electron chi connectivity index (χ3n) is 12.1. The molecule has 0 unspecified atom stereocenters. The van der Waals surface area contributed by atoms with Gasteiger partial charge in [-0.25, -0.2) is 9.37 Å². The maximum Gasteiger partial charge on any atom is 0.417 e. The van der Waals surface area contributed by atoms with Crippen molar-refractivity contribution in [1.82, 2.24) is 20.5 Å². The summed E-state index contributed by atoms with van der Waals surface area (Å²) in [6.07, 6.45) is -3.91. The fourth-order valence-electron chi connectivity index (χ4n) is 8.31. The van der Waals surface area contributed by atoms with Crippen LogP contribution >= 0.6 is 23.6 Å². The molecule has 2 aliphatic rings. The van der Waals surface area contributed by atoms with Gasteiger partial charge >= 0.3 is 6.18 Å². The first-order valence-corrected chi connectivity index (χ1v) is 24.4. The molecule has 6 rings (SSSR count). The van der Waals surface area contributed by atoms with Crippen LogP contribution < -0.4 is 25.8 Å². The number of hydrogen-bond donors (Lipinski definition) is 4. The van der Waals surface area contributed by atoms with Gasteiger partial charge in [0.15, 0.2) is 5.11 Å². The van der Waals surface area contributed by atoms with Gasteiger partial charge in [0.25, 0.3) is 5.91 Å². The first-order valence-electron chi connectivity index (χ1n) is 23.1. The lowest BCUT2D eigenvalue weighted by Gasteiger charge is -2.35. The van der Waals surface area contributed by atoms with E-state index in [0.29, 0.717) is 45.1 Å². The highest BCUT2D eigenvalue weighted by Crippen LogP contribution is 2.40. The number of nitriles is 1. The van der Waals surface area contributed by atoms with Gasteiger partial charge < -0.3 is 40.3 Å². The minimum absolute atomic E-state index is 0.0467. The van der Waals surface area contributed by atoms with E-state index in [-0.39, 0.29) is 54.9 Å². The summed E-state index contributed by atoms with van der Waals surface area (Å²) in [7, 11) is 0. The molecule has 21 heteroatoms. The summed E-state index contributed by atoms with van der Waals surface area (Å²) in [6.45, 7) is 11.7. The van der Waals surface area contributed by atoms with Crippen LogP contribution in [0.4, 0.5) is 34.6 Å². The van der Waals surface area contributed by atoms with Crippen LogP contribution in [0.5, 0.6) is 0 Å². The van der Waals surface area contributed by atoms with Crippen molar-refractivity contribution in [3.05, 3.63) is 94.4 Å². The van der Waals surface area contributed by atoms with Crippen LogP contribution in [0.25, 0.3) is 10.4 Å². The molecule has 0 bridgehead atoms. The molecule has 3 atom stereocenters. The highest BCUT2D eigenvalue weighted by molar-refractivity contribution is 7.81. The lowest BCUT2D eigenvalue weighted by molar-refractivity contribution is -0.144. The fourth-order valence-corrected chi connectivity index (χ4v) is 9.64. The molecule has 0 aliphatic carbocycles. The molecule has 3 aromatic carbocycles. The molecule has 0 radical (unpaired) electrons. The molecule has 71 heavy (non-hydrogen) atoms. The topological polar surface area (TPSA) is 189 Å². The maximum absolute atomic E-state index is 15.4. The predicted molar refractivity (Wildman–Crippen MR) is 265 cm³/mol. The lowest BCUT2D eigenvalue weighted by atomic mass is 9.85. The predicted octanol–water partition coefficient (Wildman–Crippen LogP) is 7.49. The van der Waals surface area contributed by atoms with Crippen molar-refractivity contribution < 1.29 is 51.3 Å². The number of amides is 4. The van der Waals surface area contributed by atoms with Crippen molar-refractivity contribution in [1.29, 1.82) is 5.26 Å². The van der Waals surface area contributed by atoms with Crippen molar-refractivity contribution in [2.75, 3.05) is 54.6 Å². The van der Waals surface area contributed by atoms with Crippen LogP contribution in [0.15, 0.2) is 66.2 Å². The first-order chi connectivity index (χ1) is 33.5. The van der Waals surface area contributed by atoms with Gasteiger partial charge in [-0.15, -0.1) is 11.3 Å². The number of hydrogen-bond acceptors (Lipinski definition) is 12. The van der Waals surface area contributed by atoms with Crippen LogP contribution in [-0.4, -0.2) is 107 Å². The summed E-state index contributed by atoms with van der Waals surface area (Å²) < 4.78 is 67.8. The number of aromatic nitrogens is 1. The Balaban J connectivity index is 0.879. The Labute approximate surface area is 419 Å². The monoisotopic (exact) mass is 1020 g/mol. The van der Waals surface area contributed by atoms with Crippen LogP contribution in [0.3, 0.4) is 0 Å². The van der Waals surface area contributed by atoms with Crippen LogP contribution in [0, 0.1) is 29.5 Å². The number of aliphatic hydroxyl groups excluding tert-OH is 1. The largest absolute Gasteiger partial charge is 0.417 e. The van der Waals surface area contributed by atoms with Gasteiger partial charge in [0.2, 0.25) is 17.7 Å². The molecular formula is C50H58F4N8O7S2. The average molecular weight is 1020 g/mol. The molecule has 2 saturated heterocycles. The van der Waals surface area contributed by atoms with E-state index < -0.39 is 75.9 Å². The van der Waals surface area contributed by atoms with Crippen molar-refractivity contribution in [3.63, 3.8) is 0 Å². The average Bonchev–Trinajstić information content (AvgIpc) is 3.98. The zero-order valence-corrected chi connectivity index (χ0v) is 42.0. The molecule has 0 spiro atoms. The summed E-state index contributed by atoms with van der Waals surface area (Å²) in [5, 5.41) is 28.3. The molecule has 15 nitrogen and oxygen atoms in total. The summed E-state index contributed by atoms with van der Waals surface area (Å²) in [6, 6.07) is 14.5. The number of likely N-dealkylation sites (tertiary alicyclic amines) is 1. The van der Waals surface area contributed by atoms with Gasteiger partial charge in [0.1, 0.15) is 30.0 Å². The number of aliphatic hydroxyl groups is 1. The molecule has 4 aromatic rings. The molecule has 4 amide bonds. The summed E-state index contributed by atoms with van der Waals surface area (Å²) in [5.41, 5.74) is 0.964. The van der Waals surface area contributed by atoms with Gasteiger partial charge in [0, 0.05) is 51.6 Å². The van der Waals surface area contributed by atoms with E-state index in [1.807, 2.05) is 31.2 Å². The minimum Gasteiger partial charge on any atom is -0.391 e. The quantitative estimate of drug-likeness (QED) is 0.0389. The molecule has 1 aromatic heterocycles. The number of ether oxygens (including phenoxy) is 2. The van der Waals surface area contributed by atoms with Crippen LogP contribution in [0.2, 0.25) is 0 Å². The molecule has 0 saturated carbocycles. The third-order valence-corrected chi connectivity index (χ3v) is 13.5. The number of thiocarbonyl (C=S) groups is 1. The highest BCUT2D eigenvalue weighted by Gasteiger charge is 2.51. The number of halogens is 4. The van der Waals surface area contributed by atoms with E-state index in [9.17, 15) is 42.7 Å². The number of unbranched alkanes of at least 4 members (excludes halogenated alkanes) is 1. The summed E-state index contributed by atoms with van der Waals surface area (Å²) >= 11 is 7.11. The number of nitrogens with zero attached hydrogens (tertiary/aromatic N) is 5. The van der Waals surface area contributed by atoms with E-state index in [4.69, 9.17) is 21.7 Å². The molecule has 4 N–H and O–H groups in total. The number of carbonyl (C=O) groups excluding carboxylic acids is 4. The fraction of sp³-hybridized carbons (Fsp3) is 0.460. The number of thiazole rings is 1. The van der Waals surface area contributed by atoms with E-state index >= 15 is 4.39 Å². The maximum atomic E-state index is 15.4. The lowest BCUT2D eigenvalue weighted by Crippen LogP contribution is -2.58. The number of alkyl halides is 3. The second kappa shape index (κ2) is 23.0. The van der Waals surface area contributed by atoms with Gasteiger partial charge in [-0.05, 0) is 105 Å². The Bertz CT molecular complexity index is 2630. The Morgan fingerprint density at radius 3 is 2.34 bits per heavy atom. The summed E-state index contributed by atoms with van der Waals surface area (Å²) in [5.74, 6) is -2.64. The second-order valence-corrected chi connectivity index (χ2v) is 20.1. The van der Waals surface area contributed by atoms with Gasteiger partial charge in [-0.2, -0.15) is 18.4 Å². The highest BCUT2D eigenvalue weighted by atomic mass is 32.1. The molecule has 2 aliphatic heterocycles. The zero-order chi connectivity index (χ0) is 51.8. The van der Waals surface area contributed by atoms with Crippen LogP contribution in [-0.2, 0) is 41.4 Å². The third kappa shape index (κ3) is 13.1. The second-order valence-electron chi connectivity index (χ2n) is 18.9. The van der Waals surface area contributed by atoms with Gasteiger partial charge in [-0.3, -0.25) is 24.1 Å². The first kappa shape index (κ1) is 54.3. The molecular weight excluding hydrogens is 965 g/mol. The van der Waals surface area contributed by atoms with E-state index in [0.717, 1.165) is 32.7 Å². The van der Waals surface area contributed by atoms with E-state index in [2.05, 4.69) is 20.9 Å². The van der Waals surface area contributed by atoms with Crippen molar-refractivity contribution in [2.45, 2.75) is 104 Å². The van der Waals surface area contributed by atoms with E-state index in [1.54, 1.807) is 43.7 Å². The Morgan fingerprint density at radius 2 is 1.69 bits per heavy atom. The van der Waals surface area contributed by atoms with Gasteiger partial charge in [0.05, 0.1) is 50.8 Å². The Hall–Kier alpha value is -6.05. The minimum atomic E-state index is -4.85. The van der Waals surface area contributed by atoms with Crippen molar-refractivity contribution in [2.24, 2.45) is 5.41 Å². The summed E-state index contributed by atoms with van der Waals surface area (Å²) in [4.78, 5) is 62.9. The number of aryl methyl sites for hydroxylation is 1. The van der Waals surface area contributed by atoms with Crippen molar-refractivity contribution >= 4 is 69.4 Å². The number of anilines is 3. The Morgan fingerprint density at radius 1 is 1.00 bits per heavy atom. The number of benzene rings is 3. The number of rotatable bonds is 20. The molecule has 2 fully saturated rings. The molecule has 380 valence electrons. The SMILES string of the molecule is Cc1ncsc1-c1ccc(CNC(=O)[C@@H]2C[C@@H](O)CN2C(=O)[C@@H](NC(=O)COCCCOCCCCNc2ccc(N3C(=S)N(c4ccc(C#N)c(C(F)(F)F)c4)C(=O)C3(C)C)cc2F)C(C)(C)C)cc1. The van der Waals surface area contributed by atoms with Crippen LogP contribution in [0.1, 0.15) is 82.7 Å². The zero-order valence-electron chi connectivity index (χ0n) is 40.3. The number of carbonyl (C=O) groups is 4. The van der Waals surface area contributed by atoms with Crippen molar-refractivity contribution in [3.8, 4) is 16.5 Å². The smallest absolute Gasteiger partial charge is 0.391 e.